The number of likely N-dealkylation sites (N-methyl/N-ethyl adjacent to an activating group) is 1. The predicted molar refractivity (Wildman–Crippen MR) is 117 cm³/mol. The van der Waals surface area contributed by atoms with Crippen LogP contribution >= 0.6 is 11.6 Å². The Kier molecular flexibility index (Phi) is 6.25. The molecule has 1 saturated carbocycles. The molecule has 33 heavy (non-hydrogen) atoms. The summed E-state index contributed by atoms with van der Waals surface area (Å²) in [6, 6.07) is 4.31. The van der Waals surface area contributed by atoms with Gasteiger partial charge in [-0.25, -0.2) is 26.6 Å². The van der Waals surface area contributed by atoms with E-state index in [0.717, 1.165) is 18.2 Å². The maximum Gasteiger partial charge on any atom is 0.268 e. The first-order valence-corrected chi connectivity index (χ1v) is 12.2. The fraction of sp³-hybridized carbons (Fsp3) is 0.476. The minimum Gasteiger partial charge on any atom is -0.368 e. The van der Waals surface area contributed by atoms with Crippen molar-refractivity contribution in [1.29, 1.82) is 0 Å². The SMILES string of the molecule is CN(C1CC(F)C1)[C@]1(C)CCN(c2cc(F)c(S(=O)(=O)Nc3cccc(F)n3)c(F)c2Cl)C1. The molecule has 1 N–H and O–H groups in total. The fourth-order valence-electron chi connectivity index (χ4n) is 4.41. The molecule has 1 aromatic heterocycles. The fourth-order valence-corrected chi connectivity index (χ4v) is 5.88. The van der Waals surface area contributed by atoms with Crippen LogP contribution in [0.2, 0.25) is 5.02 Å². The first kappa shape index (κ1) is 24.0. The number of sulfonamides is 1. The van der Waals surface area contributed by atoms with Crippen LogP contribution in [0.15, 0.2) is 29.2 Å². The molecule has 2 fully saturated rings. The van der Waals surface area contributed by atoms with Crippen LogP contribution in [0.1, 0.15) is 26.2 Å². The van der Waals surface area contributed by atoms with E-state index in [4.69, 9.17) is 11.6 Å². The zero-order valence-corrected chi connectivity index (χ0v) is 19.5. The molecule has 0 radical (unpaired) electrons. The summed E-state index contributed by atoms with van der Waals surface area (Å²) in [5.74, 6) is -4.18. The second-order valence-corrected chi connectivity index (χ2v) is 10.8. The number of halogens is 5. The van der Waals surface area contributed by atoms with Gasteiger partial charge in [0.2, 0.25) is 5.95 Å². The third-order valence-electron chi connectivity index (χ3n) is 6.57. The molecule has 2 aliphatic rings. The normalized spacial score (nSPS) is 25.4. The molecule has 0 unspecified atom stereocenters. The van der Waals surface area contributed by atoms with E-state index in [1.54, 1.807) is 4.90 Å². The van der Waals surface area contributed by atoms with Crippen molar-refractivity contribution in [2.75, 3.05) is 29.8 Å². The Balaban J connectivity index is 1.60. The van der Waals surface area contributed by atoms with E-state index in [1.807, 2.05) is 18.7 Å². The number of benzene rings is 1. The first-order valence-electron chi connectivity index (χ1n) is 10.4. The van der Waals surface area contributed by atoms with Gasteiger partial charge in [0.15, 0.2) is 10.7 Å². The molecule has 0 amide bonds. The molecule has 2 heterocycles. The Morgan fingerprint density at radius 1 is 1.27 bits per heavy atom. The van der Waals surface area contributed by atoms with Gasteiger partial charge in [0, 0.05) is 30.7 Å². The molecular formula is C21H23ClF4N4O2S. The van der Waals surface area contributed by atoms with Gasteiger partial charge < -0.3 is 4.90 Å². The van der Waals surface area contributed by atoms with Gasteiger partial charge >= 0.3 is 0 Å². The van der Waals surface area contributed by atoms with Crippen LogP contribution in [-0.4, -0.2) is 56.2 Å². The summed E-state index contributed by atoms with van der Waals surface area (Å²) in [5, 5.41) is -0.539. The lowest BCUT2D eigenvalue weighted by molar-refractivity contribution is 0.0116. The topological polar surface area (TPSA) is 65.5 Å². The van der Waals surface area contributed by atoms with Gasteiger partial charge in [-0.1, -0.05) is 17.7 Å². The van der Waals surface area contributed by atoms with Gasteiger partial charge in [0.25, 0.3) is 10.0 Å². The third kappa shape index (κ3) is 4.50. The number of anilines is 2. The van der Waals surface area contributed by atoms with Crippen LogP contribution in [0.3, 0.4) is 0 Å². The summed E-state index contributed by atoms with van der Waals surface area (Å²) >= 11 is 6.16. The van der Waals surface area contributed by atoms with Crippen molar-refractivity contribution in [3.63, 3.8) is 0 Å². The summed E-state index contributed by atoms with van der Waals surface area (Å²) in [5.41, 5.74) is -0.334. The second-order valence-electron chi connectivity index (χ2n) is 8.79. The summed E-state index contributed by atoms with van der Waals surface area (Å²) < 4.78 is 83.6. The monoisotopic (exact) mass is 506 g/mol. The van der Waals surface area contributed by atoms with Crippen molar-refractivity contribution in [2.45, 2.75) is 48.8 Å². The van der Waals surface area contributed by atoms with Crippen molar-refractivity contribution in [3.8, 4) is 0 Å². The number of nitrogens with one attached hydrogen (secondary N) is 1. The Hall–Kier alpha value is -2.11. The van der Waals surface area contributed by atoms with Crippen molar-refractivity contribution in [1.82, 2.24) is 9.88 Å². The molecular weight excluding hydrogens is 484 g/mol. The van der Waals surface area contributed by atoms with E-state index in [2.05, 4.69) is 9.88 Å². The number of alkyl halides is 1. The van der Waals surface area contributed by atoms with Gasteiger partial charge in [-0.05, 0) is 45.4 Å². The number of hydrogen-bond donors (Lipinski definition) is 1. The van der Waals surface area contributed by atoms with Gasteiger partial charge in [0.1, 0.15) is 22.8 Å². The Labute approximate surface area is 194 Å². The molecule has 4 rings (SSSR count). The van der Waals surface area contributed by atoms with Crippen molar-refractivity contribution >= 4 is 33.1 Å². The highest BCUT2D eigenvalue weighted by molar-refractivity contribution is 7.92. The third-order valence-corrected chi connectivity index (χ3v) is 8.32. The molecule has 1 atom stereocenters. The van der Waals surface area contributed by atoms with Gasteiger partial charge in [-0.2, -0.15) is 4.39 Å². The van der Waals surface area contributed by atoms with E-state index >= 15 is 4.39 Å². The molecule has 1 aliphatic heterocycles. The van der Waals surface area contributed by atoms with Crippen LogP contribution < -0.4 is 9.62 Å². The number of pyridine rings is 1. The molecule has 180 valence electrons. The lowest BCUT2D eigenvalue weighted by Gasteiger charge is -2.46. The van der Waals surface area contributed by atoms with Crippen molar-refractivity contribution in [3.05, 3.63) is 46.9 Å². The lowest BCUT2D eigenvalue weighted by Crippen LogP contribution is -2.55. The molecule has 1 aromatic carbocycles. The van der Waals surface area contributed by atoms with E-state index in [0.29, 0.717) is 32.4 Å². The van der Waals surface area contributed by atoms with E-state index in [1.165, 1.54) is 6.07 Å². The highest BCUT2D eigenvalue weighted by Gasteiger charge is 2.45. The predicted octanol–water partition coefficient (Wildman–Crippen LogP) is 4.35. The highest BCUT2D eigenvalue weighted by Crippen LogP contribution is 2.41. The van der Waals surface area contributed by atoms with Crippen LogP contribution in [-0.2, 0) is 10.0 Å². The maximum absolute atomic E-state index is 15.1. The minimum atomic E-state index is -4.78. The maximum atomic E-state index is 15.1. The quantitative estimate of drug-likeness (QED) is 0.358. The first-order chi connectivity index (χ1) is 15.4. The summed E-state index contributed by atoms with van der Waals surface area (Å²) in [6.07, 6.45) is 0.761. The zero-order valence-electron chi connectivity index (χ0n) is 18.0. The molecule has 0 bridgehead atoms. The summed E-state index contributed by atoms with van der Waals surface area (Å²) in [4.78, 5) is 5.85. The smallest absolute Gasteiger partial charge is 0.268 e. The number of aromatic nitrogens is 1. The number of hydrogen-bond acceptors (Lipinski definition) is 5. The van der Waals surface area contributed by atoms with Crippen LogP contribution in [0.5, 0.6) is 0 Å². The van der Waals surface area contributed by atoms with Crippen molar-refractivity contribution in [2.24, 2.45) is 0 Å². The van der Waals surface area contributed by atoms with Gasteiger partial charge in [-0.3, -0.25) is 9.62 Å². The molecule has 6 nitrogen and oxygen atoms in total. The standard InChI is InChI=1S/C21H23ClF4N4O2S/c1-21(29(2)13-8-12(23)9-13)6-7-30(11-21)15-10-14(24)20(19(26)18(15)22)33(31,32)28-17-5-3-4-16(25)27-17/h3-5,10,12-13H,6-9,11H2,1-2H3,(H,27,28)/t12?,13?,21-/m1/s1. The number of nitrogens with zero attached hydrogens (tertiary/aromatic N) is 3. The van der Waals surface area contributed by atoms with Crippen LogP contribution in [0.25, 0.3) is 0 Å². The van der Waals surface area contributed by atoms with Gasteiger partial charge in [0.05, 0.1) is 5.69 Å². The highest BCUT2D eigenvalue weighted by atomic mass is 35.5. The Morgan fingerprint density at radius 2 is 1.97 bits per heavy atom. The molecule has 2 aromatic rings. The molecule has 0 spiro atoms. The minimum absolute atomic E-state index is 0.0311. The van der Waals surface area contributed by atoms with E-state index in [9.17, 15) is 21.6 Å². The lowest BCUT2D eigenvalue weighted by atomic mass is 9.85. The molecule has 1 saturated heterocycles. The van der Waals surface area contributed by atoms with E-state index in [-0.39, 0.29) is 17.3 Å². The van der Waals surface area contributed by atoms with Gasteiger partial charge in [-0.15, -0.1) is 0 Å². The largest absolute Gasteiger partial charge is 0.368 e. The molecule has 1 aliphatic carbocycles. The molecule has 12 heteroatoms. The average molecular weight is 507 g/mol. The van der Waals surface area contributed by atoms with Crippen LogP contribution in [0, 0.1) is 17.6 Å². The Bertz CT molecular complexity index is 1180. The number of rotatable bonds is 6. The average Bonchev–Trinajstić information content (AvgIpc) is 3.10. The zero-order chi connectivity index (χ0) is 24.1. The Morgan fingerprint density at radius 3 is 2.61 bits per heavy atom. The van der Waals surface area contributed by atoms with Crippen molar-refractivity contribution < 1.29 is 26.0 Å². The summed E-state index contributed by atoms with van der Waals surface area (Å²) in [7, 11) is -2.87. The van der Waals surface area contributed by atoms with Crippen LogP contribution in [0.4, 0.5) is 29.1 Å². The van der Waals surface area contributed by atoms with E-state index < -0.39 is 49.5 Å². The summed E-state index contributed by atoms with van der Waals surface area (Å²) in [6.45, 7) is 2.81. The second kappa shape index (κ2) is 8.59.